The summed E-state index contributed by atoms with van der Waals surface area (Å²) in [4.78, 5) is 23.7. The third-order valence-corrected chi connectivity index (χ3v) is 2.47. The molecule has 0 heterocycles. The van der Waals surface area contributed by atoms with E-state index in [1.165, 1.54) is 0 Å². The molecular weight excluding hydrogens is 278 g/mol. The molecule has 0 aliphatic heterocycles. The molecule has 3 N–H and O–H groups in total. The summed E-state index contributed by atoms with van der Waals surface area (Å²) in [5.74, 6) is -0.293. The van der Waals surface area contributed by atoms with Gasteiger partial charge in [0.2, 0.25) is 5.91 Å². The number of benzene rings is 1. The minimum atomic E-state index is -0.181. The van der Waals surface area contributed by atoms with E-state index >= 15 is 0 Å². The first-order valence-electron chi connectivity index (χ1n) is 6.39. The van der Waals surface area contributed by atoms with Crippen molar-refractivity contribution >= 4 is 29.9 Å². The highest BCUT2D eigenvalue weighted by atomic mass is 35.5. The van der Waals surface area contributed by atoms with Crippen LogP contribution in [0.1, 0.15) is 30.6 Å². The van der Waals surface area contributed by atoms with Crippen molar-refractivity contribution in [2.24, 2.45) is 0 Å². The quantitative estimate of drug-likeness (QED) is 0.750. The lowest BCUT2D eigenvalue weighted by atomic mass is 10.1. The summed E-state index contributed by atoms with van der Waals surface area (Å²) in [5, 5.41) is 8.48. The molecule has 5 nitrogen and oxygen atoms in total. The highest BCUT2D eigenvalue weighted by molar-refractivity contribution is 6.03. The molecule has 0 saturated heterocycles. The fraction of sp³-hybridized carbons (Fsp3) is 0.429. The summed E-state index contributed by atoms with van der Waals surface area (Å²) in [6, 6.07) is 7.05. The van der Waals surface area contributed by atoms with Crippen LogP contribution < -0.4 is 16.0 Å². The standard InChI is InChI=1S/C14H21N3O2.ClH/c1-10(2)16-14(19)11-6-4-5-7-12(11)17-13(18)8-9-15-3;/h4-7,10,15H,8-9H2,1-3H3,(H,16,19)(H,17,18);1H. The number of hydrogen-bond acceptors (Lipinski definition) is 3. The molecule has 0 aliphatic rings. The SMILES string of the molecule is CNCCC(=O)Nc1ccccc1C(=O)NC(C)C.Cl. The van der Waals surface area contributed by atoms with Crippen LogP contribution in [0, 0.1) is 0 Å². The smallest absolute Gasteiger partial charge is 0.253 e. The number of hydrogen-bond donors (Lipinski definition) is 3. The maximum atomic E-state index is 12.0. The van der Waals surface area contributed by atoms with Gasteiger partial charge in [-0.3, -0.25) is 9.59 Å². The Labute approximate surface area is 125 Å². The van der Waals surface area contributed by atoms with Crippen LogP contribution in [0.15, 0.2) is 24.3 Å². The fourth-order valence-electron chi connectivity index (χ4n) is 1.58. The first kappa shape index (κ1) is 18.4. The van der Waals surface area contributed by atoms with Gasteiger partial charge in [0.15, 0.2) is 0 Å². The Hall–Kier alpha value is -1.59. The minimum absolute atomic E-state index is 0. The number of carbonyl (C=O) groups excluding carboxylic acids is 2. The zero-order chi connectivity index (χ0) is 14.3. The van der Waals surface area contributed by atoms with Crippen molar-refractivity contribution in [1.82, 2.24) is 10.6 Å². The third-order valence-electron chi connectivity index (χ3n) is 2.47. The zero-order valence-corrected chi connectivity index (χ0v) is 12.8. The molecule has 0 aromatic heterocycles. The van der Waals surface area contributed by atoms with E-state index in [-0.39, 0.29) is 30.3 Å². The third kappa shape index (κ3) is 6.04. The van der Waals surface area contributed by atoms with E-state index in [2.05, 4.69) is 16.0 Å². The maximum Gasteiger partial charge on any atom is 0.253 e. The molecule has 0 spiro atoms. The van der Waals surface area contributed by atoms with E-state index < -0.39 is 0 Å². The average molecular weight is 300 g/mol. The van der Waals surface area contributed by atoms with E-state index in [0.717, 1.165) is 0 Å². The summed E-state index contributed by atoms with van der Waals surface area (Å²) in [5.41, 5.74) is 1.02. The molecule has 0 aliphatic carbocycles. The number of carbonyl (C=O) groups is 2. The molecule has 1 rings (SSSR count). The number of anilines is 1. The maximum absolute atomic E-state index is 12.0. The molecule has 6 heteroatoms. The Bertz CT molecular complexity index is 450. The monoisotopic (exact) mass is 299 g/mol. The van der Waals surface area contributed by atoms with E-state index in [1.807, 2.05) is 13.8 Å². The molecule has 0 bridgehead atoms. The molecule has 1 aromatic carbocycles. The zero-order valence-electron chi connectivity index (χ0n) is 12.0. The van der Waals surface area contributed by atoms with Crippen molar-refractivity contribution in [2.75, 3.05) is 18.9 Å². The highest BCUT2D eigenvalue weighted by Gasteiger charge is 2.13. The van der Waals surface area contributed by atoms with Gasteiger partial charge in [-0.15, -0.1) is 12.4 Å². The second-order valence-electron chi connectivity index (χ2n) is 4.58. The lowest BCUT2D eigenvalue weighted by Gasteiger charge is -2.13. The first-order valence-corrected chi connectivity index (χ1v) is 6.39. The van der Waals surface area contributed by atoms with Crippen LogP contribution in [0.3, 0.4) is 0 Å². The molecule has 112 valence electrons. The second kappa shape index (κ2) is 9.34. The lowest BCUT2D eigenvalue weighted by molar-refractivity contribution is -0.116. The van der Waals surface area contributed by atoms with E-state index in [4.69, 9.17) is 0 Å². The summed E-state index contributed by atoms with van der Waals surface area (Å²) in [6.45, 7) is 4.39. The molecule has 0 fully saturated rings. The van der Waals surface area contributed by atoms with Gasteiger partial charge in [0.1, 0.15) is 0 Å². The second-order valence-corrected chi connectivity index (χ2v) is 4.58. The van der Waals surface area contributed by atoms with Crippen molar-refractivity contribution in [2.45, 2.75) is 26.3 Å². The van der Waals surface area contributed by atoms with Crippen LogP contribution in [-0.4, -0.2) is 31.4 Å². The molecule has 0 unspecified atom stereocenters. The number of rotatable bonds is 6. The first-order chi connectivity index (χ1) is 9.04. The Morgan fingerprint density at radius 2 is 1.85 bits per heavy atom. The number of para-hydroxylation sites is 1. The van der Waals surface area contributed by atoms with Gasteiger partial charge in [0.05, 0.1) is 11.3 Å². The minimum Gasteiger partial charge on any atom is -0.350 e. The van der Waals surface area contributed by atoms with Gasteiger partial charge in [-0.1, -0.05) is 12.1 Å². The van der Waals surface area contributed by atoms with Crippen molar-refractivity contribution in [3.8, 4) is 0 Å². The normalized spacial score (nSPS) is 9.80. The molecule has 0 radical (unpaired) electrons. The van der Waals surface area contributed by atoms with Gasteiger partial charge < -0.3 is 16.0 Å². The average Bonchev–Trinajstić information content (AvgIpc) is 2.36. The van der Waals surface area contributed by atoms with Gasteiger partial charge in [0.25, 0.3) is 5.91 Å². The predicted octanol–water partition coefficient (Wildman–Crippen LogP) is 1.79. The Balaban J connectivity index is 0.00000361. The summed E-state index contributed by atoms with van der Waals surface area (Å²) < 4.78 is 0. The Morgan fingerprint density at radius 3 is 2.45 bits per heavy atom. The Kier molecular flexibility index (Phi) is 8.59. The highest BCUT2D eigenvalue weighted by Crippen LogP contribution is 2.15. The van der Waals surface area contributed by atoms with Crippen molar-refractivity contribution in [1.29, 1.82) is 0 Å². The molecule has 0 saturated carbocycles. The summed E-state index contributed by atoms with van der Waals surface area (Å²) in [6.07, 6.45) is 0.372. The molecule has 2 amide bonds. The van der Waals surface area contributed by atoms with Gasteiger partial charge in [-0.25, -0.2) is 0 Å². The number of amides is 2. The van der Waals surface area contributed by atoms with Gasteiger partial charge >= 0.3 is 0 Å². The molecule has 1 aromatic rings. The van der Waals surface area contributed by atoms with Gasteiger partial charge in [-0.2, -0.15) is 0 Å². The largest absolute Gasteiger partial charge is 0.350 e. The van der Waals surface area contributed by atoms with E-state index in [1.54, 1.807) is 31.3 Å². The van der Waals surface area contributed by atoms with Gasteiger partial charge in [0, 0.05) is 19.0 Å². The van der Waals surface area contributed by atoms with E-state index in [0.29, 0.717) is 24.2 Å². The summed E-state index contributed by atoms with van der Waals surface area (Å²) >= 11 is 0. The molecule has 20 heavy (non-hydrogen) atoms. The number of halogens is 1. The number of nitrogens with one attached hydrogen (secondary N) is 3. The van der Waals surface area contributed by atoms with Crippen LogP contribution >= 0.6 is 12.4 Å². The van der Waals surface area contributed by atoms with Crippen LogP contribution in [0.5, 0.6) is 0 Å². The van der Waals surface area contributed by atoms with Crippen molar-refractivity contribution in [3.63, 3.8) is 0 Å². The topological polar surface area (TPSA) is 70.2 Å². The van der Waals surface area contributed by atoms with Crippen LogP contribution in [0.4, 0.5) is 5.69 Å². The van der Waals surface area contributed by atoms with Crippen LogP contribution in [0.25, 0.3) is 0 Å². The predicted molar refractivity (Wildman–Crippen MR) is 83.5 cm³/mol. The lowest BCUT2D eigenvalue weighted by Crippen LogP contribution is -2.31. The van der Waals surface area contributed by atoms with E-state index in [9.17, 15) is 9.59 Å². The molecule has 0 atom stereocenters. The van der Waals surface area contributed by atoms with Crippen LogP contribution in [-0.2, 0) is 4.79 Å². The Morgan fingerprint density at radius 1 is 1.20 bits per heavy atom. The van der Waals surface area contributed by atoms with Crippen molar-refractivity contribution in [3.05, 3.63) is 29.8 Å². The fourth-order valence-corrected chi connectivity index (χ4v) is 1.58. The summed E-state index contributed by atoms with van der Waals surface area (Å²) in [7, 11) is 1.79. The van der Waals surface area contributed by atoms with Gasteiger partial charge in [-0.05, 0) is 33.0 Å². The van der Waals surface area contributed by atoms with Crippen molar-refractivity contribution < 1.29 is 9.59 Å². The molecular formula is C14H22ClN3O2. The van der Waals surface area contributed by atoms with Crippen LogP contribution in [0.2, 0.25) is 0 Å².